The lowest BCUT2D eigenvalue weighted by Crippen LogP contribution is -2.50. The summed E-state index contributed by atoms with van der Waals surface area (Å²) in [7, 11) is 1.49. The van der Waals surface area contributed by atoms with Gasteiger partial charge in [-0.05, 0) is 162 Å². The Morgan fingerprint density at radius 3 is 2.64 bits per heavy atom. The van der Waals surface area contributed by atoms with Crippen LogP contribution in [0.2, 0.25) is 0 Å². The van der Waals surface area contributed by atoms with Gasteiger partial charge in [0.25, 0.3) is 0 Å². The van der Waals surface area contributed by atoms with Gasteiger partial charge in [-0.3, -0.25) is 4.79 Å². The van der Waals surface area contributed by atoms with Crippen molar-refractivity contribution < 1.29 is 44.9 Å². The molecule has 1 fully saturated rings. The van der Waals surface area contributed by atoms with Crippen LogP contribution in [-0.4, -0.2) is 73.9 Å². The minimum absolute atomic E-state index is 0.00457. The molecule has 1 spiro atoms. The molecule has 12 heteroatoms. The molecule has 5 aromatic rings. The molecule has 2 bridgehead atoms. The lowest BCUT2D eigenvalue weighted by atomic mass is 9.57. The van der Waals surface area contributed by atoms with Gasteiger partial charge in [0.2, 0.25) is 5.75 Å². The fourth-order valence-electron chi connectivity index (χ4n) is 12.5. The fourth-order valence-corrected chi connectivity index (χ4v) is 12.5. The van der Waals surface area contributed by atoms with Crippen LogP contribution in [0, 0.1) is 29.1 Å². The Morgan fingerprint density at radius 1 is 0.957 bits per heavy atom. The van der Waals surface area contributed by atoms with Gasteiger partial charge in [0.05, 0.1) is 31.8 Å². The molecular formula is C57H63N3O9. The standard InChI is InChI=1S/C57H63N3O9/c1-32-5-3-6-34(21-32)31-69-51-28-39(27-49(66)56(51)67)38-23-35-10-11-36-24-42(61)25-37-12-13-44(54(35)53(36)37)60-52-29-40(17-20-59-52)57(18-16-45(62)43(57)30-41-7-4-19-58-41)55(48(65)26-38)47(64)15-9-33-8-14-46(63)50(22-33)68-2/h3-4,6-8,10-14,17,19,22,24-25,27-29,32,34-35,38,43,45,47,55,58-64,66-67H,5,9,15-16,18,20-21,23,26,30-31H2,1-2H3/t32-,34+,35-,38-,43-,45+,47+,55-,57+/m0/s1. The number of methoxy groups -OCH3 is 1. The van der Waals surface area contributed by atoms with E-state index in [0.717, 1.165) is 63.1 Å². The maximum Gasteiger partial charge on any atom is 0.200 e. The van der Waals surface area contributed by atoms with Gasteiger partial charge in [0.1, 0.15) is 17.4 Å². The number of aliphatic hydroxyl groups excluding tert-OH is 2. The number of fused-ring (bicyclic) bond motifs is 2. The van der Waals surface area contributed by atoms with Crippen LogP contribution in [0.5, 0.6) is 34.5 Å². The fraction of sp³-hybridized carbons (Fsp3) is 0.386. The number of allylic oxidation sites excluding steroid dienone is 4. The number of phenolic OH excluding ortho intramolecular Hbond substituents is 4. The number of H-pyrrole nitrogens is 1. The van der Waals surface area contributed by atoms with Crippen LogP contribution < -0.4 is 20.1 Å². The van der Waals surface area contributed by atoms with Crippen molar-refractivity contribution in [3.63, 3.8) is 0 Å². The largest absolute Gasteiger partial charge is 0.508 e. The Kier molecular flexibility index (Phi) is 12.7. The molecule has 12 nitrogen and oxygen atoms in total. The number of carbonyl (C=O) groups is 1. The first-order valence-electron chi connectivity index (χ1n) is 24.5. The summed E-state index contributed by atoms with van der Waals surface area (Å²) < 4.78 is 11.8. The molecular weight excluding hydrogens is 871 g/mol. The molecule has 9 atom stereocenters. The maximum absolute atomic E-state index is 16.2. The highest BCUT2D eigenvalue weighted by atomic mass is 16.5. The van der Waals surface area contributed by atoms with Crippen molar-refractivity contribution >= 4 is 28.3 Å². The van der Waals surface area contributed by atoms with Gasteiger partial charge in [-0.2, -0.15) is 0 Å². The first kappa shape index (κ1) is 46.1. The normalized spacial score (nSPS) is 26.8. The van der Waals surface area contributed by atoms with Crippen molar-refractivity contribution in [1.29, 1.82) is 0 Å². The van der Waals surface area contributed by atoms with E-state index in [1.807, 2.05) is 36.5 Å². The molecule has 3 heterocycles. The van der Waals surface area contributed by atoms with E-state index < -0.39 is 35.4 Å². The predicted molar refractivity (Wildman–Crippen MR) is 267 cm³/mol. The Morgan fingerprint density at radius 2 is 1.83 bits per heavy atom. The molecule has 2 aliphatic heterocycles. The average Bonchev–Trinajstić information content (AvgIpc) is 3.98. The van der Waals surface area contributed by atoms with Gasteiger partial charge >= 0.3 is 0 Å². The van der Waals surface area contributed by atoms with E-state index in [1.165, 1.54) is 13.2 Å². The number of anilines is 1. The zero-order valence-corrected chi connectivity index (χ0v) is 39.2. The molecule has 10 rings (SSSR count). The molecule has 0 unspecified atom stereocenters. The highest BCUT2D eigenvalue weighted by Gasteiger charge is 2.58. The molecule has 4 aromatic carbocycles. The number of benzene rings is 4. The third-order valence-electron chi connectivity index (χ3n) is 15.8. The number of ether oxygens (including phenoxy) is 2. The SMILES string of the molecule is COc1cc(CC[C@@H](O)[C@H]2C(=O)C[C@@H](c3cc(O)c(O)c(OC[C@@H]4C=CC[C@H](C)C4)c3)C[C@@H]3C=Cc4cc(O)cc5ccc(c3c45)NC3=CC(=CCN3)[C@@]23CC[C@@H](O)[C@@H]3Cc2ccc[nH]2)ccc1O. The van der Waals surface area contributed by atoms with Crippen LogP contribution in [0.1, 0.15) is 91.7 Å². The number of aromatic amines is 1. The second-order valence-corrected chi connectivity index (χ2v) is 20.2. The third-order valence-corrected chi connectivity index (χ3v) is 15.8. The van der Waals surface area contributed by atoms with Crippen molar-refractivity contribution in [3.8, 4) is 34.5 Å². The Bertz CT molecular complexity index is 2870. The van der Waals surface area contributed by atoms with Crippen molar-refractivity contribution in [3.05, 3.63) is 143 Å². The molecule has 9 N–H and O–H groups in total. The first-order chi connectivity index (χ1) is 33.4. The lowest BCUT2D eigenvalue weighted by Gasteiger charge is -2.46. The Hall–Kier alpha value is -6.63. The number of hydrogen-bond donors (Lipinski definition) is 9. The predicted octanol–water partition coefficient (Wildman–Crippen LogP) is 9.63. The van der Waals surface area contributed by atoms with Gasteiger partial charge < -0.3 is 55.7 Å². The van der Waals surface area contributed by atoms with Crippen LogP contribution in [0.25, 0.3) is 16.8 Å². The molecule has 0 saturated heterocycles. The van der Waals surface area contributed by atoms with Crippen molar-refractivity contribution in [2.24, 2.45) is 29.1 Å². The van der Waals surface area contributed by atoms with Gasteiger partial charge in [-0.25, -0.2) is 0 Å². The van der Waals surface area contributed by atoms with Gasteiger partial charge in [-0.1, -0.05) is 49.4 Å². The summed E-state index contributed by atoms with van der Waals surface area (Å²) >= 11 is 0. The minimum Gasteiger partial charge on any atom is -0.508 e. The van der Waals surface area contributed by atoms with Crippen molar-refractivity contribution in [2.75, 3.05) is 25.6 Å². The number of aromatic nitrogens is 1. The van der Waals surface area contributed by atoms with Crippen LogP contribution in [0.15, 0.2) is 115 Å². The number of dihydropyridines is 1. The van der Waals surface area contributed by atoms with Crippen molar-refractivity contribution in [2.45, 2.75) is 88.8 Å². The summed E-state index contributed by atoms with van der Waals surface area (Å²) in [5.74, 6) is -1.26. The summed E-state index contributed by atoms with van der Waals surface area (Å²) in [5, 5.41) is 78.3. The van der Waals surface area contributed by atoms with Gasteiger partial charge in [-0.15, -0.1) is 0 Å². The number of aromatic hydroxyl groups is 4. The van der Waals surface area contributed by atoms with E-state index in [2.05, 4.69) is 52.9 Å². The molecule has 0 radical (unpaired) electrons. The van der Waals surface area contributed by atoms with E-state index in [9.17, 15) is 30.6 Å². The molecule has 0 amide bonds. The van der Waals surface area contributed by atoms with E-state index in [-0.39, 0.29) is 59.2 Å². The van der Waals surface area contributed by atoms with Crippen LogP contribution >= 0.6 is 0 Å². The van der Waals surface area contributed by atoms with Crippen LogP contribution in [-0.2, 0) is 17.6 Å². The molecule has 3 aliphatic carbocycles. The summed E-state index contributed by atoms with van der Waals surface area (Å²) in [4.78, 5) is 19.5. The van der Waals surface area contributed by atoms with Gasteiger partial charge in [0, 0.05) is 53.7 Å². The smallest absolute Gasteiger partial charge is 0.200 e. The number of aliphatic hydroxyl groups is 2. The van der Waals surface area contributed by atoms with E-state index in [0.29, 0.717) is 62.5 Å². The average molecular weight is 934 g/mol. The van der Waals surface area contributed by atoms with E-state index in [1.54, 1.807) is 36.4 Å². The van der Waals surface area contributed by atoms with E-state index in [4.69, 9.17) is 9.47 Å². The van der Waals surface area contributed by atoms with Crippen molar-refractivity contribution in [1.82, 2.24) is 10.3 Å². The quantitative estimate of drug-likeness (QED) is 0.0452. The Balaban J connectivity index is 1.14. The second kappa shape index (κ2) is 19.0. The Labute approximate surface area is 402 Å². The number of nitrogens with one attached hydrogen (secondary N) is 3. The third kappa shape index (κ3) is 8.96. The number of hydrogen-bond acceptors (Lipinski definition) is 11. The van der Waals surface area contributed by atoms with Gasteiger partial charge in [0.15, 0.2) is 23.0 Å². The lowest BCUT2D eigenvalue weighted by molar-refractivity contribution is -0.134. The zero-order valence-electron chi connectivity index (χ0n) is 39.2. The molecule has 1 aromatic heterocycles. The summed E-state index contributed by atoms with van der Waals surface area (Å²) in [6.45, 7) is 2.94. The van der Waals surface area contributed by atoms with Crippen LogP contribution in [0.4, 0.5) is 5.69 Å². The number of Topliss-reactive ketones (excluding diaryl/α,β-unsaturated/α-hetero) is 1. The molecule has 1 saturated carbocycles. The number of phenols is 4. The van der Waals surface area contributed by atoms with Crippen LogP contribution in [0.3, 0.4) is 0 Å². The topological polar surface area (TPSA) is 197 Å². The molecule has 360 valence electrons. The number of rotatable bonds is 11. The second-order valence-electron chi connectivity index (χ2n) is 20.2. The highest BCUT2D eigenvalue weighted by Crippen LogP contribution is 2.59. The number of ketones is 1. The molecule has 5 aliphatic rings. The number of carbonyl (C=O) groups excluding carboxylic acids is 1. The van der Waals surface area contributed by atoms with E-state index >= 15 is 4.79 Å². The maximum atomic E-state index is 16.2. The summed E-state index contributed by atoms with van der Waals surface area (Å²) in [5.41, 5.74) is 4.87. The number of aryl methyl sites for hydroxylation is 1. The summed E-state index contributed by atoms with van der Waals surface area (Å²) in [6.07, 6.45) is 16.6. The molecule has 69 heavy (non-hydrogen) atoms. The monoisotopic (exact) mass is 933 g/mol. The minimum atomic E-state index is -1.18. The first-order valence-corrected chi connectivity index (χ1v) is 24.5. The summed E-state index contributed by atoms with van der Waals surface area (Å²) in [6, 6.07) is 19.9. The highest BCUT2D eigenvalue weighted by molar-refractivity contribution is 6.00. The zero-order chi connectivity index (χ0) is 48.0.